The summed E-state index contributed by atoms with van der Waals surface area (Å²) in [4.78, 5) is 150. The molecule has 0 spiro atoms. The van der Waals surface area contributed by atoms with Crippen molar-refractivity contribution in [1.82, 2.24) is 51.2 Å². The number of piperidine rings is 4. The number of rotatable bonds is 53. The number of hydrogen-bond acceptors (Lipinski definition) is 22. The summed E-state index contributed by atoms with van der Waals surface area (Å²) in [5.74, 6) is -3.34. The van der Waals surface area contributed by atoms with E-state index in [1.807, 2.05) is 39.1 Å². The molecule has 1 atom stereocenters. The summed E-state index contributed by atoms with van der Waals surface area (Å²) < 4.78 is 54.6. The zero-order valence-corrected chi connectivity index (χ0v) is 62.5. The highest BCUT2D eigenvalue weighted by molar-refractivity contribution is 5.92. The molecule has 7 rings (SSSR count). The number of H-pyrrole nitrogens is 1. The number of aromatic nitrogens is 1. The summed E-state index contributed by atoms with van der Waals surface area (Å²) in [5, 5.41) is 26.1. The Kier molecular flexibility index (Phi) is 40.7. The van der Waals surface area contributed by atoms with Crippen LogP contribution >= 0.6 is 0 Å². The summed E-state index contributed by atoms with van der Waals surface area (Å²) >= 11 is 0. The van der Waals surface area contributed by atoms with Gasteiger partial charge in [-0.3, -0.25) is 58.1 Å². The predicted molar refractivity (Wildman–Crippen MR) is 391 cm³/mol. The number of primary amides is 1. The van der Waals surface area contributed by atoms with Gasteiger partial charge in [-0.2, -0.15) is 0 Å². The van der Waals surface area contributed by atoms with Crippen LogP contribution in [0, 0.1) is 33.8 Å². The number of carbonyl (C=O) groups is 10. The summed E-state index contributed by atoms with van der Waals surface area (Å²) in [6, 6.07) is 9.51. The lowest BCUT2D eigenvalue weighted by atomic mass is 9.89. The first-order valence-electron chi connectivity index (χ1n) is 38.4. The minimum Gasteiger partial charge on any atom is -0.395 e. The predicted octanol–water partition coefficient (Wildman–Crippen LogP) is 2.18. The number of aromatic amines is 1. The number of nitrogens with zero attached hydrogens (tertiary/aromatic N) is 5. The molecule has 3 aromatic rings. The molecule has 4 saturated heterocycles. The molecule has 8 N–H and O–H groups in total. The van der Waals surface area contributed by atoms with E-state index in [1.165, 1.54) is 17.0 Å². The molecule has 10 amide bonds. The Balaban J connectivity index is 0.654. The van der Waals surface area contributed by atoms with Crippen molar-refractivity contribution < 1.29 is 99.9 Å². The van der Waals surface area contributed by atoms with E-state index >= 15 is 0 Å². The second-order valence-electron chi connectivity index (χ2n) is 27.1. The number of unbranched alkanes of at least 4 members (excludes halogenated alkanes) is 1. The van der Waals surface area contributed by atoms with Gasteiger partial charge >= 0.3 is 5.88 Å². The second-order valence-corrected chi connectivity index (χ2v) is 27.1. The Bertz CT molecular complexity index is 3230. The first kappa shape index (κ1) is 87.0. The normalized spacial score (nSPS) is 15.8. The van der Waals surface area contributed by atoms with Crippen molar-refractivity contribution in [3.63, 3.8) is 0 Å². The quantitative estimate of drug-likeness (QED) is 0.0242. The number of ether oxygens (including phenoxy) is 9. The molecule has 0 aliphatic carbocycles. The fourth-order valence-corrected chi connectivity index (χ4v) is 13.2. The van der Waals surface area contributed by atoms with Crippen LogP contribution in [0.4, 0.5) is 5.88 Å². The fourth-order valence-electron chi connectivity index (χ4n) is 13.2. The van der Waals surface area contributed by atoms with E-state index in [4.69, 9.17) is 52.8 Å². The molecule has 1 aromatic carbocycles. The van der Waals surface area contributed by atoms with Crippen molar-refractivity contribution in [1.29, 1.82) is 0 Å². The molecule has 602 valence electrons. The van der Waals surface area contributed by atoms with E-state index < -0.39 is 40.5 Å². The third-order valence-electron chi connectivity index (χ3n) is 19.4. The second kappa shape index (κ2) is 50.5. The standard InChI is InChI=1S/C74H114N12O22/c75-64(87)21-36-99-44-48-105-50-52-107-53-51-106-49-47-104-41-27-79-70(92)62(9-3-4-24-77-71(93)63-11-12-68(108-63)86(97)98)81-66(89)22-37-100-42-45-103-40-26-78-69(91)55-13-30-83(31-14-55)73(95)57-17-34-85(35-18-57)74(96)58-19-32-84(33-20-58)72(94)56-15-28-82(29-16-56)67(90)23-38-101-43-46-102-39-25-76-65(88)10-5-6-59-54-80-61-8-2-1-7-60(59)61/h1-2,7-8,11-12,54-58,62,80H,3-6,9-10,13-53H2,(H2,75,87)(H,76,88)(H,77,93)(H,78,91)(H,79,92)(H,81,89). The van der Waals surface area contributed by atoms with Crippen molar-refractivity contribution in [3.05, 3.63) is 64.0 Å². The average molecular weight is 1520 g/mol. The third kappa shape index (κ3) is 32.5. The number of nitrogens with one attached hydrogen (secondary N) is 6. The summed E-state index contributed by atoms with van der Waals surface area (Å²) in [6.45, 7) is 10.2. The van der Waals surface area contributed by atoms with E-state index in [9.17, 15) is 58.1 Å². The molecule has 0 radical (unpaired) electrons. The van der Waals surface area contributed by atoms with Gasteiger partial charge in [0, 0.05) is 139 Å². The van der Waals surface area contributed by atoms with Crippen LogP contribution in [-0.2, 0) is 92.2 Å². The molecule has 1 unspecified atom stereocenters. The minimum atomic E-state index is -0.911. The number of amides is 10. The topological polar surface area (TPSA) is 425 Å². The van der Waals surface area contributed by atoms with Gasteiger partial charge in [0.05, 0.1) is 131 Å². The molecule has 4 aliphatic heterocycles. The highest BCUT2D eigenvalue weighted by Gasteiger charge is 2.38. The van der Waals surface area contributed by atoms with Crippen LogP contribution in [0.2, 0.25) is 0 Å². The lowest BCUT2D eigenvalue weighted by molar-refractivity contribution is -0.402. The average Bonchev–Trinajstić information content (AvgIpc) is 1.13. The molecule has 0 bridgehead atoms. The van der Waals surface area contributed by atoms with Gasteiger partial charge < -0.3 is 104 Å². The first-order chi connectivity index (χ1) is 52.5. The maximum atomic E-state index is 13.7. The smallest absolute Gasteiger partial charge is 0.395 e. The highest BCUT2D eigenvalue weighted by Crippen LogP contribution is 2.29. The van der Waals surface area contributed by atoms with Gasteiger partial charge in [-0.05, 0) is 101 Å². The number of likely N-dealkylation sites (tertiary alicyclic amines) is 4. The molecule has 4 fully saturated rings. The number of fused-ring (bicyclic) bond motifs is 1. The monoisotopic (exact) mass is 1520 g/mol. The van der Waals surface area contributed by atoms with E-state index in [-0.39, 0.29) is 163 Å². The molecule has 0 saturated carbocycles. The van der Waals surface area contributed by atoms with Gasteiger partial charge in [0.15, 0.2) is 5.76 Å². The number of benzene rings is 1. The summed E-state index contributed by atoms with van der Waals surface area (Å²) in [6.07, 6.45) is 10.0. The lowest BCUT2D eigenvalue weighted by Gasteiger charge is -2.40. The SMILES string of the molecule is NC(=O)CCOCCOCCOCCOCCOCCNC(=O)C(CCCCNC(=O)c1ccc([N+](=O)[O-])o1)NC(=O)CCOCCOCCNC(=O)C1CCN(C(=O)C2CCN(C(=O)C3CCN(C(=O)C4CCN(C(=O)CCOCCOCCNC(=O)CCCc5c[nH]c6ccccc56)CC4)CC3)CC2)CC1. The number of aryl methyl sites for hydroxylation is 1. The maximum Gasteiger partial charge on any atom is 0.433 e. The zero-order valence-electron chi connectivity index (χ0n) is 62.5. The Morgan fingerprint density at radius 2 is 0.935 bits per heavy atom. The van der Waals surface area contributed by atoms with Crippen LogP contribution in [0.25, 0.3) is 10.9 Å². The van der Waals surface area contributed by atoms with Crippen molar-refractivity contribution in [2.75, 3.05) is 197 Å². The van der Waals surface area contributed by atoms with E-state index in [2.05, 4.69) is 37.6 Å². The maximum absolute atomic E-state index is 13.7. The van der Waals surface area contributed by atoms with Crippen LogP contribution < -0.4 is 32.3 Å². The molecule has 108 heavy (non-hydrogen) atoms. The molecule has 34 nitrogen and oxygen atoms in total. The molecule has 6 heterocycles. The van der Waals surface area contributed by atoms with Crippen molar-refractivity contribution in [2.24, 2.45) is 29.4 Å². The Labute approximate surface area is 630 Å². The zero-order chi connectivity index (χ0) is 76.9. The van der Waals surface area contributed by atoms with Crippen LogP contribution in [-0.4, -0.2) is 292 Å². The van der Waals surface area contributed by atoms with Gasteiger partial charge in [-0.1, -0.05) is 18.2 Å². The summed E-state index contributed by atoms with van der Waals surface area (Å²) in [7, 11) is 0. The van der Waals surface area contributed by atoms with Crippen molar-refractivity contribution in [3.8, 4) is 0 Å². The van der Waals surface area contributed by atoms with Crippen LogP contribution in [0.1, 0.15) is 119 Å². The fraction of sp³-hybridized carbons (Fsp3) is 0.703. The molecular formula is C74H114N12O22. The lowest BCUT2D eigenvalue weighted by Crippen LogP contribution is -2.50. The van der Waals surface area contributed by atoms with Gasteiger partial charge in [-0.15, -0.1) is 0 Å². The Morgan fingerprint density at radius 3 is 1.44 bits per heavy atom. The Hall–Kier alpha value is -8.22. The number of para-hydroxylation sites is 1. The summed E-state index contributed by atoms with van der Waals surface area (Å²) in [5.41, 5.74) is 7.37. The number of hydrogen-bond donors (Lipinski definition) is 7. The van der Waals surface area contributed by atoms with Gasteiger partial charge in [0.1, 0.15) is 11.0 Å². The van der Waals surface area contributed by atoms with Crippen molar-refractivity contribution in [2.45, 2.75) is 115 Å². The largest absolute Gasteiger partial charge is 0.433 e. The van der Waals surface area contributed by atoms with Gasteiger partial charge in [0.2, 0.25) is 53.2 Å². The number of furan rings is 1. The van der Waals surface area contributed by atoms with Crippen LogP contribution in [0.5, 0.6) is 0 Å². The van der Waals surface area contributed by atoms with E-state index in [0.717, 1.165) is 24.4 Å². The number of nitro groups is 1. The van der Waals surface area contributed by atoms with Crippen molar-refractivity contribution >= 4 is 75.9 Å². The molecule has 2 aromatic heterocycles. The van der Waals surface area contributed by atoms with E-state index in [0.29, 0.717) is 196 Å². The first-order valence-corrected chi connectivity index (χ1v) is 38.4. The van der Waals surface area contributed by atoms with Crippen LogP contribution in [0.15, 0.2) is 47.0 Å². The highest BCUT2D eigenvalue weighted by atomic mass is 16.7. The number of nitrogens with two attached hydrogens (primary N) is 1. The van der Waals surface area contributed by atoms with Gasteiger partial charge in [-0.25, -0.2) is 0 Å². The number of carbonyl (C=O) groups excluding carboxylic acids is 10. The third-order valence-corrected chi connectivity index (χ3v) is 19.4. The van der Waals surface area contributed by atoms with Gasteiger partial charge in [0.25, 0.3) is 5.91 Å². The minimum absolute atomic E-state index is 0.00363. The molecule has 4 aliphatic rings. The van der Waals surface area contributed by atoms with E-state index in [1.54, 1.807) is 4.90 Å². The molecular weight excluding hydrogens is 1410 g/mol. The van der Waals surface area contributed by atoms with Crippen LogP contribution in [0.3, 0.4) is 0 Å². The Morgan fingerprint density at radius 1 is 0.481 bits per heavy atom. The molecule has 34 heteroatoms.